The van der Waals surface area contributed by atoms with E-state index in [0.717, 1.165) is 31.0 Å². The van der Waals surface area contributed by atoms with Crippen LogP contribution in [0, 0.1) is 0 Å². The molecule has 0 aliphatic carbocycles. The number of aromatic hydroxyl groups is 1. The highest BCUT2D eigenvalue weighted by Gasteiger charge is 2.49. The zero-order valence-electron chi connectivity index (χ0n) is 15.6. The van der Waals surface area contributed by atoms with E-state index < -0.39 is 12.0 Å². The fraction of sp³-hybridized carbons (Fsp3) is 0.429. The second-order valence-electron chi connectivity index (χ2n) is 7.45. The monoisotopic (exact) mass is 429 g/mol. The molecule has 4 rings (SSSR count). The third kappa shape index (κ3) is 4.63. The van der Waals surface area contributed by atoms with E-state index in [1.165, 1.54) is 12.1 Å². The third-order valence-electron chi connectivity index (χ3n) is 5.62. The minimum absolute atomic E-state index is 0. The van der Waals surface area contributed by atoms with Gasteiger partial charge >= 0.3 is 6.36 Å². The molecule has 0 aromatic heterocycles. The van der Waals surface area contributed by atoms with Gasteiger partial charge in [-0.15, -0.1) is 25.6 Å². The van der Waals surface area contributed by atoms with E-state index in [0.29, 0.717) is 18.6 Å². The van der Waals surface area contributed by atoms with E-state index in [2.05, 4.69) is 22.2 Å². The fourth-order valence-corrected chi connectivity index (χ4v) is 4.46. The van der Waals surface area contributed by atoms with Gasteiger partial charge in [-0.2, -0.15) is 0 Å². The van der Waals surface area contributed by atoms with Gasteiger partial charge in [0.05, 0.1) is 18.2 Å². The standard InChI is InChI=1S/C21H22F3NO3.ClH/c22-21(23,24)28-16-7-8-18(26)17(11-16)15-12-20(27-13-15)9-4-10-25-19(20)14-5-2-1-3-6-14;/h1-3,5-8,11,15,19,25-26H,4,9-10,12-13H2;1H. The second-order valence-corrected chi connectivity index (χ2v) is 7.45. The number of benzene rings is 2. The number of hydrogen-bond acceptors (Lipinski definition) is 4. The van der Waals surface area contributed by atoms with E-state index >= 15 is 0 Å². The van der Waals surface area contributed by atoms with Crippen molar-refractivity contribution < 1.29 is 27.8 Å². The van der Waals surface area contributed by atoms with Crippen LogP contribution in [-0.4, -0.2) is 30.2 Å². The molecule has 2 saturated heterocycles. The number of alkyl halides is 3. The summed E-state index contributed by atoms with van der Waals surface area (Å²) in [5.74, 6) is -0.578. The van der Waals surface area contributed by atoms with E-state index in [1.54, 1.807) is 0 Å². The Morgan fingerprint density at radius 3 is 2.62 bits per heavy atom. The summed E-state index contributed by atoms with van der Waals surface area (Å²) in [4.78, 5) is 0. The van der Waals surface area contributed by atoms with Crippen LogP contribution in [0.4, 0.5) is 13.2 Å². The van der Waals surface area contributed by atoms with Gasteiger partial charge in [0.15, 0.2) is 0 Å². The van der Waals surface area contributed by atoms with Gasteiger partial charge in [-0.05, 0) is 49.6 Å². The molecule has 4 nitrogen and oxygen atoms in total. The molecule has 2 aromatic carbocycles. The molecule has 0 bridgehead atoms. The average molecular weight is 430 g/mol. The molecular formula is C21H23ClF3NO3. The largest absolute Gasteiger partial charge is 0.573 e. The Balaban J connectivity index is 0.00000240. The zero-order chi connectivity index (χ0) is 19.8. The summed E-state index contributed by atoms with van der Waals surface area (Å²) in [6.07, 6.45) is -2.34. The molecule has 2 aliphatic heterocycles. The third-order valence-corrected chi connectivity index (χ3v) is 5.62. The molecule has 2 heterocycles. The molecule has 29 heavy (non-hydrogen) atoms. The molecule has 2 fully saturated rings. The zero-order valence-corrected chi connectivity index (χ0v) is 16.4. The lowest BCUT2D eigenvalue weighted by Gasteiger charge is -2.41. The lowest BCUT2D eigenvalue weighted by atomic mass is 9.77. The van der Waals surface area contributed by atoms with Crippen molar-refractivity contribution in [2.24, 2.45) is 0 Å². The lowest BCUT2D eigenvalue weighted by Crippen LogP contribution is -2.48. The van der Waals surface area contributed by atoms with Crippen LogP contribution in [-0.2, 0) is 4.74 Å². The second kappa shape index (κ2) is 8.42. The van der Waals surface area contributed by atoms with Crippen molar-refractivity contribution in [1.29, 1.82) is 0 Å². The first-order chi connectivity index (χ1) is 13.4. The highest BCUT2D eigenvalue weighted by Crippen LogP contribution is 2.49. The molecule has 3 unspecified atom stereocenters. The van der Waals surface area contributed by atoms with E-state index in [9.17, 15) is 18.3 Å². The van der Waals surface area contributed by atoms with Crippen LogP contribution in [0.1, 0.15) is 42.3 Å². The number of phenolic OH excluding ortho intramolecular Hbond substituents is 1. The summed E-state index contributed by atoms with van der Waals surface area (Å²) in [5.41, 5.74) is 1.11. The number of phenols is 1. The lowest BCUT2D eigenvalue weighted by molar-refractivity contribution is -0.274. The molecule has 8 heteroatoms. The summed E-state index contributed by atoms with van der Waals surface area (Å²) in [7, 11) is 0. The van der Waals surface area contributed by atoms with Crippen molar-refractivity contribution in [3.05, 3.63) is 59.7 Å². The normalized spacial score (nSPS) is 26.9. The van der Waals surface area contributed by atoms with Crippen molar-refractivity contribution >= 4 is 12.4 Å². The predicted molar refractivity (Wildman–Crippen MR) is 104 cm³/mol. The minimum atomic E-state index is -4.77. The highest BCUT2D eigenvalue weighted by atomic mass is 35.5. The molecule has 3 atom stereocenters. The fourth-order valence-electron chi connectivity index (χ4n) is 4.46. The van der Waals surface area contributed by atoms with Gasteiger partial charge in [0.2, 0.25) is 0 Å². The molecular weight excluding hydrogens is 407 g/mol. The Labute approximate surface area is 173 Å². The van der Waals surface area contributed by atoms with Crippen molar-refractivity contribution in [3.63, 3.8) is 0 Å². The number of hydrogen-bond donors (Lipinski definition) is 2. The Morgan fingerprint density at radius 2 is 1.90 bits per heavy atom. The molecule has 0 saturated carbocycles. The van der Waals surface area contributed by atoms with E-state index in [-0.39, 0.29) is 35.9 Å². The van der Waals surface area contributed by atoms with Crippen LogP contribution in [0.15, 0.2) is 48.5 Å². The Morgan fingerprint density at radius 1 is 1.14 bits per heavy atom. The molecule has 2 aromatic rings. The molecule has 2 aliphatic rings. The smallest absolute Gasteiger partial charge is 0.508 e. The van der Waals surface area contributed by atoms with Gasteiger partial charge in [0.1, 0.15) is 11.5 Å². The number of piperidine rings is 1. The summed E-state index contributed by atoms with van der Waals surface area (Å²) in [6.45, 7) is 1.23. The minimum Gasteiger partial charge on any atom is -0.508 e. The molecule has 0 radical (unpaired) electrons. The van der Waals surface area contributed by atoms with Crippen LogP contribution in [0.2, 0.25) is 0 Å². The van der Waals surface area contributed by atoms with E-state index in [1.807, 2.05) is 18.2 Å². The van der Waals surface area contributed by atoms with Crippen molar-refractivity contribution in [3.8, 4) is 11.5 Å². The highest BCUT2D eigenvalue weighted by molar-refractivity contribution is 5.85. The first-order valence-electron chi connectivity index (χ1n) is 9.37. The molecule has 2 N–H and O–H groups in total. The van der Waals surface area contributed by atoms with Crippen LogP contribution >= 0.6 is 12.4 Å². The van der Waals surface area contributed by atoms with Gasteiger partial charge < -0.3 is 19.9 Å². The Kier molecular flexibility index (Phi) is 6.31. The van der Waals surface area contributed by atoms with E-state index in [4.69, 9.17) is 4.74 Å². The summed E-state index contributed by atoms with van der Waals surface area (Å²) in [6, 6.07) is 13.7. The van der Waals surface area contributed by atoms with Gasteiger partial charge in [0, 0.05) is 11.5 Å². The van der Waals surface area contributed by atoms with Crippen molar-refractivity contribution in [1.82, 2.24) is 5.32 Å². The van der Waals surface area contributed by atoms with Crippen LogP contribution in [0.5, 0.6) is 11.5 Å². The number of rotatable bonds is 3. The summed E-state index contributed by atoms with van der Waals surface area (Å²) >= 11 is 0. The van der Waals surface area contributed by atoms with Crippen molar-refractivity contribution in [2.45, 2.75) is 43.2 Å². The molecule has 158 valence electrons. The number of ether oxygens (including phenoxy) is 2. The number of halogens is 4. The first kappa shape index (κ1) is 21.7. The van der Waals surface area contributed by atoms with Gasteiger partial charge in [0.25, 0.3) is 0 Å². The average Bonchev–Trinajstić information content (AvgIpc) is 3.07. The SMILES string of the molecule is Cl.Oc1ccc(OC(F)(F)F)cc1C1COC2(CCCNC2c2ccccc2)C1. The quantitative estimate of drug-likeness (QED) is 0.714. The van der Waals surface area contributed by atoms with Crippen LogP contribution < -0.4 is 10.1 Å². The Bertz CT molecular complexity index is 834. The van der Waals surface area contributed by atoms with Crippen LogP contribution in [0.25, 0.3) is 0 Å². The van der Waals surface area contributed by atoms with Crippen molar-refractivity contribution in [2.75, 3.05) is 13.2 Å². The topological polar surface area (TPSA) is 50.7 Å². The molecule has 1 spiro atoms. The van der Waals surface area contributed by atoms with Gasteiger partial charge in [-0.25, -0.2) is 0 Å². The maximum Gasteiger partial charge on any atom is 0.573 e. The Hall–Kier alpha value is -1.96. The summed E-state index contributed by atoms with van der Waals surface area (Å²) in [5, 5.41) is 13.8. The maximum atomic E-state index is 12.6. The maximum absolute atomic E-state index is 12.6. The first-order valence-corrected chi connectivity index (χ1v) is 9.37. The van der Waals surface area contributed by atoms with Gasteiger partial charge in [-0.3, -0.25) is 0 Å². The number of nitrogens with one attached hydrogen (secondary N) is 1. The molecule has 0 amide bonds. The predicted octanol–water partition coefficient (Wildman–Crippen LogP) is 5.08. The van der Waals surface area contributed by atoms with Crippen LogP contribution in [0.3, 0.4) is 0 Å². The summed E-state index contributed by atoms with van der Waals surface area (Å²) < 4.78 is 48.0. The van der Waals surface area contributed by atoms with Gasteiger partial charge in [-0.1, -0.05) is 30.3 Å².